The molecule has 0 saturated heterocycles. The molecule has 0 aromatic heterocycles. The van der Waals surface area contributed by atoms with Crippen LogP contribution in [0.2, 0.25) is 0 Å². The van der Waals surface area contributed by atoms with Gasteiger partial charge < -0.3 is 10.4 Å². The van der Waals surface area contributed by atoms with Gasteiger partial charge in [0.1, 0.15) is 0 Å². The van der Waals surface area contributed by atoms with Crippen LogP contribution in [-0.4, -0.2) is 17.0 Å². The predicted octanol–water partition coefficient (Wildman–Crippen LogP) is 1.82. The first-order chi connectivity index (χ1) is 7.34. The van der Waals surface area contributed by atoms with Crippen molar-refractivity contribution in [3.63, 3.8) is 0 Å². The van der Waals surface area contributed by atoms with Gasteiger partial charge in [0.05, 0.1) is 0 Å². The number of halogens is 2. The average molecular weight is 229 g/mol. The fourth-order valence-corrected chi connectivity index (χ4v) is 1.12. The summed E-state index contributed by atoms with van der Waals surface area (Å²) in [5.41, 5.74) is -0.544. The van der Waals surface area contributed by atoms with Crippen LogP contribution in [0.25, 0.3) is 0 Å². The average Bonchev–Trinajstić information content (AvgIpc) is 2.16. The van der Waals surface area contributed by atoms with Crippen LogP contribution in [0.4, 0.5) is 14.5 Å². The summed E-state index contributed by atoms with van der Waals surface area (Å²) < 4.78 is 26.2. The van der Waals surface area contributed by atoms with Crippen LogP contribution in [0.15, 0.2) is 24.3 Å². The molecular weight excluding hydrogens is 220 g/mol. The molecule has 4 nitrogen and oxygen atoms in total. The highest BCUT2D eigenvalue weighted by Crippen LogP contribution is 2.29. The van der Waals surface area contributed by atoms with Crippen LogP contribution < -0.4 is 5.32 Å². The Hall–Kier alpha value is -1.98. The van der Waals surface area contributed by atoms with Crippen LogP contribution in [0, 0.1) is 0 Å². The van der Waals surface area contributed by atoms with E-state index in [1.54, 1.807) is 0 Å². The highest BCUT2D eigenvalue weighted by Gasteiger charge is 2.41. The Kier molecular flexibility index (Phi) is 3.22. The standard InChI is InChI=1S/C10H9F2NO3/c1-6(14)13-8-4-2-3-7(5-8)10(11,12)9(15)16/h2-5H,1H3,(H,13,14)(H,15,16). The molecule has 1 rings (SSSR count). The van der Waals surface area contributed by atoms with Gasteiger partial charge in [0.15, 0.2) is 0 Å². The topological polar surface area (TPSA) is 66.4 Å². The molecule has 0 aliphatic rings. The number of hydrogen-bond donors (Lipinski definition) is 2. The molecular formula is C10H9F2NO3. The molecule has 2 N–H and O–H groups in total. The van der Waals surface area contributed by atoms with Crippen molar-refractivity contribution >= 4 is 17.6 Å². The summed E-state index contributed by atoms with van der Waals surface area (Å²) in [5.74, 6) is -6.61. The molecule has 0 unspecified atom stereocenters. The maximum absolute atomic E-state index is 13.1. The number of hydrogen-bond acceptors (Lipinski definition) is 2. The minimum Gasteiger partial charge on any atom is -0.477 e. The second kappa shape index (κ2) is 4.26. The van der Waals surface area contributed by atoms with Crippen molar-refractivity contribution in [2.24, 2.45) is 0 Å². The zero-order chi connectivity index (χ0) is 12.3. The highest BCUT2D eigenvalue weighted by molar-refractivity contribution is 5.89. The third kappa shape index (κ3) is 2.53. The predicted molar refractivity (Wildman–Crippen MR) is 52.3 cm³/mol. The smallest absolute Gasteiger partial charge is 0.379 e. The van der Waals surface area contributed by atoms with Crippen LogP contribution >= 0.6 is 0 Å². The fraction of sp³-hybridized carbons (Fsp3) is 0.200. The minimum atomic E-state index is -3.96. The van der Waals surface area contributed by atoms with E-state index in [4.69, 9.17) is 5.11 Å². The van der Waals surface area contributed by atoms with Crippen LogP contribution in [-0.2, 0) is 15.5 Å². The Morgan fingerprint density at radius 1 is 1.38 bits per heavy atom. The number of nitrogens with one attached hydrogen (secondary N) is 1. The number of carboxylic acids is 1. The number of carbonyl (C=O) groups is 2. The van der Waals surface area contributed by atoms with Crippen LogP contribution in [0.3, 0.4) is 0 Å². The van der Waals surface area contributed by atoms with E-state index in [0.717, 1.165) is 12.1 Å². The summed E-state index contributed by atoms with van der Waals surface area (Å²) in [4.78, 5) is 21.0. The van der Waals surface area contributed by atoms with E-state index < -0.39 is 23.4 Å². The molecule has 1 aromatic rings. The second-order valence-corrected chi connectivity index (χ2v) is 3.14. The van der Waals surface area contributed by atoms with E-state index in [2.05, 4.69) is 5.32 Å². The molecule has 0 atom stereocenters. The molecule has 16 heavy (non-hydrogen) atoms. The Bertz CT molecular complexity index is 432. The van der Waals surface area contributed by atoms with Gasteiger partial charge >= 0.3 is 11.9 Å². The van der Waals surface area contributed by atoms with E-state index in [-0.39, 0.29) is 5.69 Å². The van der Waals surface area contributed by atoms with Gasteiger partial charge in [-0.25, -0.2) is 4.79 Å². The van der Waals surface area contributed by atoms with Gasteiger partial charge in [0.2, 0.25) is 5.91 Å². The van der Waals surface area contributed by atoms with Gasteiger partial charge in [-0.1, -0.05) is 12.1 Å². The third-order valence-electron chi connectivity index (χ3n) is 1.81. The van der Waals surface area contributed by atoms with Crippen LogP contribution in [0.1, 0.15) is 12.5 Å². The van der Waals surface area contributed by atoms with Gasteiger partial charge in [-0.15, -0.1) is 0 Å². The number of carbonyl (C=O) groups excluding carboxylic acids is 1. The Morgan fingerprint density at radius 3 is 2.50 bits per heavy atom. The first kappa shape index (κ1) is 12.1. The van der Waals surface area contributed by atoms with E-state index in [9.17, 15) is 18.4 Å². The van der Waals surface area contributed by atoms with Crippen LogP contribution in [0.5, 0.6) is 0 Å². The Morgan fingerprint density at radius 2 is 2.00 bits per heavy atom. The SMILES string of the molecule is CC(=O)Nc1cccc(C(F)(F)C(=O)O)c1. The summed E-state index contributed by atoms with van der Waals surface area (Å²) in [5, 5.41) is 10.6. The molecule has 0 radical (unpaired) electrons. The number of carboxylic acid groups (broad SMARTS) is 1. The number of rotatable bonds is 3. The normalized spacial score (nSPS) is 10.9. The molecule has 0 spiro atoms. The molecule has 6 heteroatoms. The summed E-state index contributed by atoms with van der Waals surface area (Å²) in [6.45, 7) is 1.22. The summed E-state index contributed by atoms with van der Waals surface area (Å²) in [6.07, 6.45) is 0. The summed E-state index contributed by atoms with van der Waals surface area (Å²) in [6, 6.07) is 4.55. The van der Waals surface area contributed by atoms with E-state index in [1.807, 2.05) is 0 Å². The molecule has 0 aliphatic heterocycles. The van der Waals surface area contributed by atoms with Crippen molar-refractivity contribution in [1.82, 2.24) is 0 Å². The van der Waals surface area contributed by atoms with E-state index in [0.29, 0.717) is 0 Å². The van der Waals surface area contributed by atoms with E-state index in [1.165, 1.54) is 19.1 Å². The zero-order valence-electron chi connectivity index (χ0n) is 8.33. The first-order valence-electron chi connectivity index (χ1n) is 4.33. The Labute approximate surface area is 89.9 Å². The van der Waals surface area contributed by atoms with Crippen molar-refractivity contribution in [2.45, 2.75) is 12.8 Å². The summed E-state index contributed by atoms with van der Waals surface area (Å²) in [7, 11) is 0. The summed E-state index contributed by atoms with van der Waals surface area (Å²) >= 11 is 0. The molecule has 0 aliphatic carbocycles. The Balaban J connectivity index is 3.07. The molecule has 1 amide bonds. The van der Waals surface area contributed by atoms with Gasteiger partial charge in [-0.2, -0.15) is 8.78 Å². The number of aliphatic carboxylic acids is 1. The highest BCUT2D eigenvalue weighted by atomic mass is 19.3. The van der Waals surface area contributed by atoms with Gasteiger partial charge in [-0.3, -0.25) is 4.79 Å². The van der Waals surface area contributed by atoms with Gasteiger partial charge in [0, 0.05) is 18.2 Å². The second-order valence-electron chi connectivity index (χ2n) is 3.14. The quantitative estimate of drug-likeness (QED) is 0.830. The lowest BCUT2D eigenvalue weighted by molar-refractivity contribution is -0.166. The minimum absolute atomic E-state index is 0.130. The van der Waals surface area contributed by atoms with Crippen molar-refractivity contribution in [3.05, 3.63) is 29.8 Å². The lowest BCUT2D eigenvalue weighted by Gasteiger charge is -2.12. The molecule has 0 fully saturated rings. The number of anilines is 1. The molecule has 1 aromatic carbocycles. The maximum Gasteiger partial charge on any atom is 0.379 e. The number of amides is 1. The van der Waals surface area contributed by atoms with Crippen molar-refractivity contribution in [3.8, 4) is 0 Å². The largest absolute Gasteiger partial charge is 0.477 e. The van der Waals surface area contributed by atoms with Gasteiger partial charge in [0.25, 0.3) is 0 Å². The van der Waals surface area contributed by atoms with Crippen molar-refractivity contribution in [1.29, 1.82) is 0 Å². The molecule has 0 heterocycles. The molecule has 0 saturated carbocycles. The monoisotopic (exact) mass is 229 g/mol. The fourth-order valence-electron chi connectivity index (χ4n) is 1.12. The number of alkyl halides is 2. The lowest BCUT2D eigenvalue weighted by atomic mass is 10.1. The molecule has 86 valence electrons. The number of benzene rings is 1. The molecule has 0 bridgehead atoms. The third-order valence-corrected chi connectivity index (χ3v) is 1.81. The first-order valence-corrected chi connectivity index (χ1v) is 4.33. The maximum atomic E-state index is 13.1. The zero-order valence-corrected chi connectivity index (χ0v) is 8.33. The van der Waals surface area contributed by atoms with Crippen molar-refractivity contribution in [2.75, 3.05) is 5.32 Å². The van der Waals surface area contributed by atoms with Crippen molar-refractivity contribution < 1.29 is 23.5 Å². The van der Waals surface area contributed by atoms with E-state index >= 15 is 0 Å². The van der Waals surface area contributed by atoms with Gasteiger partial charge in [-0.05, 0) is 12.1 Å². The lowest BCUT2D eigenvalue weighted by Crippen LogP contribution is -2.25.